The Morgan fingerprint density at radius 3 is 3.06 bits per heavy atom. The van der Waals surface area contributed by atoms with Crippen molar-refractivity contribution in [1.29, 1.82) is 0 Å². The van der Waals surface area contributed by atoms with Gasteiger partial charge in [0.1, 0.15) is 11.3 Å². The summed E-state index contributed by atoms with van der Waals surface area (Å²) in [5, 5.41) is 4.53. The Balaban J connectivity index is 2.04. The first-order chi connectivity index (χ1) is 8.70. The van der Waals surface area contributed by atoms with Crippen molar-refractivity contribution in [3.05, 3.63) is 34.5 Å². The monoisotopic (exact) mass is 305 g/mol. The minimum Gasteiger partial charge on any atom is -0.459 e. The van der Waals surface area contributed by atoms with Gasteiger partial charge in [-0.05, 0) is 44.2 Å². The Hall–Kier alpha value is -1.24. The number of terminal acetylenes is 1. The fourth-order valence-electron chi connectivity index (χ4n) is 1.86. The van der Waals surface area contributed by atoms with E-state index in [9.17, 15) is 0 Å². The summed E-state index contributed by atoms with van der Waals surface area (Å²) in [6.07, 6.45) is 7.03. The molecule has 2 rings (SSSR count). The van der Waals surface area contributed by atoms with Gasteiger partial charge in [0.25, 0.3) is 0 Å². The van der Waals surface area contributed by atoms with Gasteiger partial charge in [0.05, 0.1) is 6.04 Å². The van der Waals surface area contributed by atoms with Crippen molar-refractivity contribution >= 4 is 26.9 Å². The van der Waals surface area contributed by atoms with Gasteiger partial charge in [-0.3, -0.25) is 0 Å². The molecule has 0 aliphatic carbocycles. The maximum Gasteiger partial charge on any atom is 0.134 e. The molecule has 1 aromatic heterocycles. The van der Waals surface area contributed by atoms with Crippen molar-refractivity contribution in [2.75, 3.05) is 6.54 Å². The first kappa shape index (κ1) is 13.2. The van der Waals surface area contributed by atoms with Crippen molar-refractivity contribution < 1.29 is 4.42 Å². The van der Waals surface area contributed by atoms with Gasteiger partial charge in [-0.25, -0.2) is 0 Å². The van der Waals surface area contributed by atoms with Crippen LogP contribution < -0.4 is 5.32 Å². The molecule has 0 amide bonds. The summed E-state index contributed by atoms with van der Waals surface area (Å²) in [7, 11) is 0. The van der Waals surface area contributed by atoms with E-state index in [1.807, 2.05) is 12.1 Å². The molecule has 0 bridgehead atoms. The first-order valence-electron chi connectivity index (χ1n) is 6.06. The second kappa shape index (κ2) is 6.08. The number of fused-ring (bicyclic) bond motifs is 1. The van der Waals surface area contributed by atoms with Gasteiger partial charge < -0.3 is 9.73 Å². The molecule has 2 aromatic rings. The van der Waals surface area contributed by atoms with Crippen molar-refractivity contribution in [3.63, 3.8) is 0 Å². The highest BCUT2D eigenvalue weighted by molar-refractivity contribution is 9.10. The van der Waals surface area contributed by atoms with E-state index in [4.69, 9.17) is 10.8 Å². The minimum absolute atomic E-state index is 0.203. The highest BCUT2D eigenvalue weighted by Crippen LogP contribution is 2.26. The maximum absolute atomic E-state index is 5.82. The van der Waals surface area contributed by atoms with E-state index in [0.717, 1.165) is 40.6 Å². The molecule has 1 N–H and O–H groups in total. The summed E-state index contributed by atoms with van der Waals surface area (Å²) in [6, 6.07) is 8.31. The predicted molar refractivity (Wildman–Crippen MR) is 78.4 cm³/mol. The Labute approximate surface area is 116 Å². The quantitative estimate of drug-likeness (QED) is 0.659. The zero-order valence-electron chi connectivity index (χ0n) is 10.4. The third kappa shape index (κ3) is 3.16. The van der Waals surface area contributed by atoms with Crippen molar-refractivity contribution in [2.24, 2.45) is 0 Å². The van der Waals surface area contributed by atoms with Crippen LogP contribution in [-0.4, -0.2) is 6.54 Å². The highest BCUT2D eigenvalue weighted by Gasteiger charge is 2.10. The van der Waals surface area contributed by atoms with Crippen molar-refractivity contribution in [2.45, 2.75) is 25.8 Å². The smallest absolute Gasteiger partial charge is 0.134 e. The number of rotatable bonds is 5. The van der Waals surface area contributed by atoms with Gasteiger partial charge in [0.2, 0.25) is 0 Å². The Morgan fingerprint density at radius 2 is 2.28 bits per heavy atom. The maximum atomic E-state index is 5.82. The fraction of sp³-hybridized carbons (Fsp3) is 0.333. The molecular weight excluding hydrogens is 290 g/mol. The van der Waals surface area contributed by atoms with E-state index < -0.39 is 0 Å². The van der Waals surface area contributed by atoms with E-state index in [2.05, 4.69) is 46.2 Å². The standard InChI is InChI=1S/C15H16BrNO/c1-3-4-5-8-17-11(2)15-10-12-9-13(16)6-7-14(12)18-15/h1,6-7,9-11,17H,4-5,8H2,2H3. The van der Waals surface area contributed by atoms with Crippen LogP contribution in [0.2, 0.25) is 0 Å². The van der Waals surface area contributed by atoms with Gasteiger partial charge in [-0.15, -0.1) is 12.3 Å². The van der Waals surface area contributed by atoms with E-state index in [0.29, 0.717) is 0 Å². The molecular formula is C15H16BrNO. The summed E-state index contributed by atoms with van der Waals surface area (Å²) in [6.45, 7) is 3.01. The SMILES string of the molecule is C#CCCCNC(C)c1cc2cc(Br)ccc2o1. The molecule has 0 fully saturated rings. The van der Waals surface area contributed by atoms with Crippen LogP contribution in [-0.2, 0) is 0 Å². The molecule has 1 unspecified atom stereocenters. The second-order valence-electron chi connectivity index (χ2n) is 4.31. The van der Waals surface area contributed by atoms with Crippen LogP contribution in [0, 0.1) is 12.3 Å². The van der Waals surface area contributed by atoms with Crippen LogP contribution in [0.5, 0.6) is 0 Å². The number of furan rings is 1. The molecule has 3 heteroatoms. The zero-order chi connectivity index (χ0) is 13.0. The number of hydrogen-bond acceptors (Lipinski definition) is 2. The normalized spacial score (nSPS) is 12.5. The van der Waals surface area contributed by atoms with Crippen LogP contribution in [0.1, 0.15) is 31.6 Å². The lowest BCUT2D eigenvalue weighted by Crippen LogP contribution is -2.19. The van der Waals surface area contributed by atoms with E-state index in [1.54, 1.807) is 0 Å². The molecule has 18 heavy (non-hydrogen) atoms. The Morgan fingerprint density at radius 1 is 1.44 bits per heavy atom. The largest absolute Gasteiger partial charge is 0.459 e. The summed E-state index contributed by atoms with van der Waals surface area (Å²) < 4.78 is 6.88. The summed E-state index contributed by atoms with van der Waals surface area (Å²) in [4.78, 5) is 0. The molecule has 2 nitrogen and oxygen atoms in total. The molecule has 0 spiro atoms. The first-order valence-corrected chi connectivity index (χ1v) is 6.86. The predicted octanol–water partition coefficient (Wildman–Crippen LogP) is 4.26. The van der Waals surface area contributed by atoms with Gasteiger partial charge in [0, 0.05) is 16.3 Å². The van der Waals surface area contributed by atoms with Crippen molar-refractivity contribution in [3.8, 4) is 12.3 Å². The second-order valence-corrected chi connectivity index (χ2v) is 5.23. The minimum atomic E-state index is 0.203. The van der Waals surface area contributed by atoms with E-state index in [-0.39, 0.29) is 6.04 Å². The lowest BCUT2D eigenvalue weighted by atomic mass is 10.2. The average molecular weight is 306 g/mol. The number of benzene rings is 1. The Kier molecular flexibility index (Phi) is 4.46. The van der Waals surface area contributed by atoms with Crippen LogP contribution in [0.25, 0.3) is 11.0 Å². The molecule has 1 atom stereocenters. The third-order valence-electron chi connectivity index (χ3n) is 2.87. The van der Waals surface area contributed by atoms with Crippen LogP contribution >= 0.6 is 15.9 Å². The lowest BCUT2D eigenvalue weighted by Gasteiger charge is -2.09. The molecule has 0 aliphatic rings. The molecule has 0 radical (unpaired) electrons. The Bertz CT molecular complexity index is 567. The molecule has 0 saturated heterocycles. The van der Waals surface area contributed by atoms with Crippen LogP contribution in [0.4, 0.5) is 0 Å². The molecule has 0 aliphatic heterocycles. The fourth-order valence-corrected chi connectivity index (χ4v) is 2.24. The molecule has 0 saturated carbocycles. The third-order valence-corrected chi connectivity index (χ3v) is 3.37. The lowest BCUT2D eigenvalue weighted by molar-refractivity contribution is 0.450. The topological polar surface area (TPSA) is 25.2 Å². The number of halogens is 1. The number of unbranched alkanes of at least 4 members (excludes halogenated alkanes) is 1. The zero-order valence-corrected chi connectivity index (χ0v) is 12.0. The van der Waals surface area contributed by atoms with E-state index >= 15 is 0 Å². The molecule has 94 valence electrons. The number of nitrogens with one attached hydrogen (secondary N) is 1. The average Bonchev–Trinajstić information content (AvgIpc) is 2.77. The van der Waals surface area contributed by atoms with Gasteiger partial charge in [-0.2, -0.15) is 0 Å². The summed E-state index contributed by atoms with van der Waals surface area (Å²) >= 11 is 3.46. The molecule has 1 heterocycles. The van der Waals surface area contributed by atoms with Crippen molar-refractivity contribution in [1.82, 2.24) is 5.32 Å². The van der Waals surface area contributed by atoms with E-state index in [1.165, 1.54) is 0 Å². The van der Waals surface area contributed by atoms with Crippen LogP contribution in [0.15, 0.2) is 33.2 Å². The summed E-state index contributed by atoms with van der Waals surface area (Å²) in [5.41, 5.74) is 0.922. The highest BCUT2D eigenvalue weighted by atomic mass is 79.9. The van der Waals surface area contributed by atoms with Gasteiger partial charge in [-0.1, -0.05) is 15.9 Å². The molecule has 1 aromatic carbocycles. The number of hydrogen-bond donors (Lipinski definition) is 1. The van der Waals surface area contributed by atoms with Gasteiger partial charge >= 0.3 is 0 Å². The summed E-state index contributed by atoms with van der Waals surface area (Å²) in [5.74, 6) is 3.60. The van der Waals surface area contributed by atoms with Gasteiger partial charge in [0.15, 0.2) is 0 Å². The van der Waals surface area contributed by atoms with Crippen LogP contribution in [0.3, 0.4) is 0 Å².